The first-order valence-electron chi connectivity index (χ1n) is 5.77. The largest absolute Gasteiger partial charge is 0.396 e. The second kappa shape index (κ2) is 4.60. The molecule has 2 aliphatic rings. The minimum absolute atomic E-state index is 0.158. The van der Waals surface area contributed by atoms with Gasteiger partial charge in [-0.15, -0.1) is 0 Å². The van der Waals surface area contributed by atoms with Crippen LogP contribution < -0.4 is 5.32 Å². The van der Waals surface area contributed by atoms with Crippen LogP contribution in [0.25, 0.3) is 0 Å². The Hall–Kier alpha value is -0.120. The third-order valence-corrected chi connectivity index (χ3v) is 3.97. The second-order valence-electron chi connectivity index (χ2n) is 4.68. The lowest BCUT2D eigenvalue weighted by atomic mass is 9.68. The summed E-state index contributed by atoms with van der Waals surface area (Å²) in [6.07, 6.45) is 4.60. The summed E-state index contributed by atoms with van der Waals surface area (Å²) >= 11 is 0. The number of nitrogens with one attached hydrogen (secondary N) is 1. The molecule has 2 fully saturated rings. The van der Waals surface area contributed by atoms with E-state index >= 15 is 0 Å². The molecule has 3 heteroatoms. The Labute approximate surface area is 85.8 Å². The Morgan fingerprint density at radius 2 is 2.14 bits per heavy atom. The lowest BCUT2D eigenvalue weighted by molar-refractivity contribution is -0.0556. The lowest BCUT2D eigenvalue weighted by Gasteiger charge is -2.44. The Bertz CT molecular complexity index is 172. The predicted molar refractivity (Wildman–Crippen MR) is 55.2 cm³/mol. The number of piperidine rings is 1. The van der Waals surface area contributed by atoms with Gasteiger partial charge in [-0.1, -0.05) is 0 Å². The average molecular weight is 199 g/mol. The summed E-state index contributed by atoms with van der Waals surface area (Å²) in [6, 6.07) is 0. The Balaban J connectivity index is 2.01. The molecule has 0 saturated carbocycles. The van der Waals surface area contributed by atoms with E-state index in [4.69, 9.17) is 4.74 Å². The average Bonchev–Trinajstić information content (AvgIpc) is 2.31. The molecular weight excluding hydrogens is 178 g/mol. The van der Waals surface area contributed by atoms with E-state index in [0.717, 1.165) is 39.1 Å². The summed E-state index contributed by atoms with van der Waals surface area (Å²) < 4.78 is 5.39. The fourth-order valence-electron chi connectivity index (χ4n) is 2.85. The molecule has 1 unspecified atom stereocenters. The highest BCUT2D eigenvalue weighted by molar-refractivity contribution is 4.90. The van der Waals surface area contributed by atoms with E-state index < -0.39 is 0 Å². The Morgan fingerprint density at radius 1 is 1.36 bits per heavy atom. The van der Waals surface area contributed by atoms with Crippen LogP contribution in [-0.4, -0.2) is 38.0 Å². The molecule has 14 heavy (non-hydrogen) atoms. The summed E-state index contributed by atoms with van der Waals surface area (Å²) in [7, 11) is 0. The fourth-order valence-corrected chi connectivity index (χ4v) is 2.85. The smallest absolute Gasteiger partial charge is 0.0492 e. The molecule has 0 amide bonds. The molecule has 2 aliphatic heterocycles. The summed E-state index contributed by atoms with van der Waals surface area (Å²) in [5.74, 6) is 0.658. The van der Waals surface area contributed by atoms with Crippen molar-refractivity contribution in [1.29, 1.82) is 0 Å². The van der Waals surface area contributed by atoms with Crippen molar-refractivity contribution in [3.63, 3.8) is 0 Å². The van der Waals surface area contributed by atoms with E-state index in [9.17, 15) is 5.11 Å². The van der Waals surface area contributed by atoms with E-state index in [1.807, 2.05) is 0 Å². The Kier molecular flexibility index (Phi) is 3.42. The van der Waals surface area contributed by atoms with E-state index in [2.05, 4.69) is 5.32 Å². The second-order valence-corrected chi connectivity index (χ2v) is 4.68. The van der Waals surface area contributed by atoms with Crippen molar-refractivity contribution in [3.05, 3.63) is 0 Å². The van der Waals surface area contributed by atoms with Crippen molar-refractivity contribution in [3.8, 4) is 0 Å². The van der Waals surface area contributed by atoms with Gasteiger partial charge in [-0.25, -0.2) is 0 Å². The first kappa shape index (κ1) is 10.4. The molecule has 0 spiro atoms. The van der Waals surface area contributed by atoms with E-state index in [1.165, 1.54) is 12.8 Å². The molecule has 1 atom stereocenters. The first-order valence-corrected chi connectivity index (χ1v) is 5.77. The van der Waals surface area contributed by atoms with Gasteiger partial charge in [0.25, 0.3) is 0 Å². The van der Waals surface area contributed by atoms with Crippen LogP contribution in [0.4, 0.5) is 0 Å². The van der Waals surface area contributed by atoms with Gasteiger partial charge in [-0.3, -0.25) is 0 Å². The molecule has 2 heterocycles. The van der Waals surface area contributed by atoms with Crippen LogP contribution in [0.2, 0.25) is 0 Å². The maximum absolute atomic E-state index is 9.61. The van der Waals surface area contributed by atoms with Gasteiger partial charge >= 0.3 is 0 Å². The first-order chi connectivity index (χ1) is 6.87. The van der Waals surface area contributed by atoms with Crippen LogP contribution in [0.15, 0.2) is 0 Å². The molecule has 0 aromatic carbocycles. The normalized spacial score (nSPS) is 32.8. The topological polar surface area (TPSA) is 41.5 Å². The van der Waals surface area contributed by atoms with Gasteiger partial charge in [-0.2, -0.15) is 0 Å². The number of hydrogen-bond donors (Lipinski definition) is 2. The van der Waals surface area contributed by atoms with E-state index in [0.29, 0.717) is 12.5 Å². The van der Waals surface area contributed by atoms with Gasteiger partial charge in [0.15, 0.2) is 0 Å². The zero-order chi connectivity index (χ0) is 9.86. The highest BCUT2D eigenvalue weighted by Gasteiger charge is 2.39. The van der Waals surface area contributed by atoms with Crippen LogP contribution in [-0.2, 0) is 4.74 Å². The van der Waals surface area contributed by atoms with Crippen LogP contribution >= 0.6 is 0 Å². The number of hydrogen-bond acceptors (Lipinski definition) is 3. The summed E-state index contributed by atoms with van der Waals surface area (Å²) in [5, 5.41) is 13.0. The monoisotopic (exact) mass is 199 g/mol. The number of ether oxygens (including phenoxy) is 1. The molecule has 0 aliphatic carbocycles. The number of aliphatic hydroxyl groups is 1. The van der Waals surface area contributed by atoms with Gasteiger partial charge in [0.2, 0.25) is 0 Å². The highest BCUT2D eigenvalue weighted by atomic mass is 16.5. The predicted octanol–water partition coefficient (Wildman–Crippen LogP) is 0.775. The third kappa shape index (κ3) is 1.95. The quantitative estimate of drug-likeness (QED) is 0.690. The zero-order valence-electron chi connectivity index (χ0n) is 8.80. The summed E-state index contributed by atoms with van der Waals surface area (Å²) in [6.45, 7) is 4.23. The fraction of sp³-hybridized carbons (Fsp3) is 1.00. The maximum Gasteiger partial charge on any atom is 0.0492 e. The molecule has 2 N–H and O–H groups in total. The van der Waals surface area contributed by atoms with Crippen LogP contribution in [0.1, 0.15) is 25.7 Å². The third-order valence-electron chi connectivity index (χ3n) is 3.97. The van der Waals surface area contributed by atoms with Gasteiger partial charge < -0.3 is 15.2 Å². The molecular formula is C11H21NO2. The van der Waals surface area contributed by atoms with Crippen molar-refractivity contribution in [2.75, 3.05) is 32.9 Å². The standard InChI is InChI=1S/C11H21NO2/c13-9-11(3-6-14-7-4-11)10-2-1-5-12-8-10/h10,12-13H,1-9H2. The molecule has 0 bridgehead atoms. The zero-order valence-corrected chi connectivity index (χ0v) is 8.80. The van der Waals surface area contributed by atoms with Crippen molar-refractivity contribution in [2.45, 2.75) is 25.7 Å². The SMILES string of the molecule is OCC1(C2CCCNC2)CCOCC1. The summed E-state index contributed by atoms with van der Waals surface area (Å²) in [5.41, 5.74) is 0.158. The van der Waals surface area contributed by atoms with Gasteiger partial charge in [0.05, 0.1) is 0 Å². The lowest BCUT2D eigenvalue weighted by Crippen LogP contribution is -2.46. The minimum atomic E-state index is 0.158. The molecule has 82 valence electrons. The molecule has 2 saturated heterocycles. The Morgan fingerprint density at radius 3 is 2.71 bits per heavy atom. The van der Waals surface area contributed by atoms with Gasteiger partial charge in [-0.05, 0) is 44.7 Å². The molecule has 0 radical (unpaired) electrons. The van der Waals surface area contributed by atoms with E-state index in [1.54, 1.807) is 0 Å². The molecule has 0 aromatic heterocycles. The van der Waals surface area contributed by atoms with Crippen LogP contribution in [0, 0.1) is 11.3 Å². The number of rotatable bonds is 2. The van der Waals surface area contributed by atoms with Crippen LogP contribution in [0.5, 0.6) is 0 Å². The van der Waals surface area contributed by atoms with Crippen molar-refractivity contribution < 1.29 is 9.84 Å². The maximum atomic E-state index is 9.61. The minimum Gasteiger partial charge on any atom is -0.396 e. The van der Waals surface area contributed by atoms with Crippen molar-refractivity contribution in [2.24, 2.45) is 11.3 Å². The molecule has 2 rings (SSSR count). The van der Waals surface area contributed by atoms with Crippen molar-refractivity contribution >= 4 is 0 Å². The van der Waals surface area contributed by atoms with Crippen LogP contribution in [0.3, 0.4) is 0 Å². The summed E-state index contributed by atoms with van der Waals surface area (Å²) in [4.78, 5) is 0. The molecule has 0 aromatic rings. The number of aliphatic hydroxyl groups excluding tert-OH is 1. The van der Waals surface area contributed by atoms with Gasteiger partial charge in [0.1, 0.15) is 0 Å². The van der Waals surface area contributed by atoms with Crippen molar-refractivity contribution in [1.82, 2.24) is 5.32 Å². The van der Waals surface area contributed by atoms with Gasteiger partial charge in [0, 0.05) is 25.2 Å². The molecule has 3 nitrogen and oxygen atoms in total. The highest BCUT2D eigenvalue weighted by Crippen LogP contribution is 2.40. The van der Waals surface area contributed by atoms with E-state index in [-0.39, 0.29) is 5.41 Å².